The fourth-order valence-electron chi connectivity index (χ4n) is 2.91. The second-order valence-corrected chi connectivity index (χ2v) is 6.73. The summed E-state index contributed by atoms with van der Waals surface area (Å²) in [7, 11) is 0. The Labute approximate surface area is 126 Å². The number of hydrogen-bond acceptors (Lipinski definition) is 3. The SMILES string of the molecule is CC(C)C(O)CC1CC(N)CN(c2cccc(Cl)c2)C1. The van der Waals surface area contributed by atoms with E-state index in [-0.39, 0.29) is 12.1 Å². The molecule has 1 aromatic carbocycles. The summed E-state index contributed by atoms with van der Waals surface area (Å²) in [6, 6.07) is 8.06. The number of halogens is 1. The zero-order valence-corrected chi connectivity index (χ0v) is 13.1. The Morgan fingerprint density at radius 3 is 2.80 bits per heavy atom. The van der Waals surface area contributed by atoms with Crippen LogP contribution in [0.3, 0.4) is 0 Å². The van der Waals surface area contributed by atoms with E-state index >= 15 is 0 Å². The van der Waals surface area contributed by atoms with Gasteiger partial charge >= 0.3 is 0 Å². The molecule has 3 atom stereocenters. The van der Waals surface area contributed by atoms with Crippen molar-refractivity contribution in [2.75, 3.05) is 18.0 Å². The molecule has 1 aliphatic rings. The van der Waals surface area contributed by atoms with Gasteiger partial charge in [-0.05, 0) is 42.9 Å². The molecule has 0 spiro atoms. The lowest BCUT2D eigenvalue weighted by Crippen LogP contribution is -2.48. The van der Waals surface area contributed by atoms with Crippen LogP contribution < -0.4 is 10.6 Å². The van der Waals surface area contributed by atoms with Gasteiger partial charge in [0.15, 0.2) is 0 Å². The smallest absolute Gasteiger partial charge is 0.0566 e. The highest BCUT2D eigenvalue weighted by molar-refractivity contribution is 6.30. The van der Waals surface area contributed by atoms with Crippen LogP contribution in [0.5, 0.6) is 0 Å². The lowest BCUT2D eigenvalue weighted by atomic mass is 9.87. The largest absolute Gasteiger partial charge is 0.393 e. The Hall–Kier alpha value is -0.770. The Balaban J connectivity index is 2.04. The molecule has 0 aromatic heterocycles. The normalized spacial score (nSPS) is 25.0. The van der Waals surface area contributed by atoms with E-state index in [0.717, 1.165) is 36.6 Å². The molecule has 1 aromatic rings. The molecule has 1 aliphatic heterocycles. The van der Waals surface area contributed by atoms with E-state index in [1.807, 2.05) is 18.2 Å². The average molecular weight is 297 g/mol. The molecule has 3 N–H and O–H groups in total. The Bertz CT molecular complexity index is 438. The van der Waals surface area contributed by atoms with Crippen molar-refractivity contribution in [3.05, 3.63) is 29.3 Å². The average Bonchev–Trinajstić information content (AvgIpc) is 2.37. The first kappa shape index (κ1) is 15.6. The topological polar surface area (TPSA) is 49.5 Å². The molecule has 0 aliphatic carbocycles. The van der Waals surface area contributed by atoms with Gasteiger partial charge in [-0.15, -0.1) is 0 Å². The molecule has 3 nitrogen and oxygen atoms in total. The van der Waals surface area contributed by atoms with Crippen molar-refractivity contribution in [2.24, 2.45) is 17.6 Å². The van der Waals surface area contributed by atoms with E-state index in [0.29, 0.717) is 11.8 Å². The van der Waals surface area contributed by atoms with Gasteiger partial charge in [0.1, 0.15) is 0 Å². The third-order valence-corrected chi connectivity index (χ3v) is 4.32. The summed E-state index contributed by atoms with van der Waals surface area (Å²) in [6.07, 6.45) is 1.56. The summed E-state index contributed by atoms with van der Waals surface area (Å²) >= 11 is 6.06. The van der Waals surface area contributed by atoms with E-state index in [9.17, 15) is 5.11 Å². The molecule has 20 heavy (non-hydrogen) atoms. The number of hydrogen-bond donors (Lipinski definition) is 2. The molecule has 1 heterocycles. The molecule has 2 rings (SSSR count). The molecule has 1 saturated heterocycles. The quantitative estimate of drug-likeness (QED) is 0.898. The molecule has 112 valence electrons. The van der Waals surface area contributed by atoms with Crippen LogP contribution in [0, 0.1) is 11.8 Å². The molecular formula is C16H25ClN2O. The number of piperidine rings is 1. The number of aliphatic hydroxyl groups excluding tert-OH is 1. The van der Waals surface area contributed by atoms with E-state index in [4.69, 9.17) is 17.3 Å². The van der Waals surface area contributed by atoms with Crippen LogP contribution in [0.15, 0.2) is 24.3 Å². The third-order valence-electron chi connectivity index (χ3n) is 4.09. The Kier molecular flexibility index (Phi) is 5.30. The van der Waals surface area contributed by atoms with Gasteiger partial charge in [-0.2, -0.15) is 0 Å². The van der Waals surface area contributed by atoms with Gasteiger partial charge in [0.2, 0.25) is 0 Å². The standard InChI is InChI=1S/C16H25ClN2O/c1-11(2)16(20)7-12-6-14(18)10-19(9-12)15-5-3-4-13(17)8-15/h3-5,8,11-12,14,16,20H,6-7,9-10,18H2,1-2H3. The van der Waals surface area contributed by atoms with Crippen molar-refractivity contribution in [3.8, 4) is 0 Å². The fraction of sp³-hybridized carbons (Fsp3) is 0.625. The molecule has 0 saturated carbocycles. The summed E-state index contributed by atoms with van der Waals surface area (Å²) in [6.45, 7) is 5.91. The summed E-state index contributed by atoms with van der Waals surface area (Å²) in [5.74, 6) is 0.739. The van der Waals surface area contributed by atoms with Gasteiger partial charge in [0, 0.05) is 29.8 Å². The van der Waals surface area contributed by atoms with Crippen LogP contribution in [0.2, 0.25) is 5.02 Å². The number of nitrogens with zero attached hydrogens (tertiary/aromatic N) is 1. The maximum absolute atomic E-state index is 10.1. The lowest BCUT2D eigenvalue weighted by Gasteiger charge is -2.39. The summed E-state index contributed by atoms with van der Waals surface area (Å²) in [5, 5.41) is 10.8. The van der Waals surface area contributed by atoms with E-state index in [2.05, 4.69) is 24.8 Å². The van der Waals surface area contributed by atoms with Crippen molar-refractivity contribution >= 4 is 17.3 Å². The minimum absolute atomic E-state index is 0.159. The van der Waals surface area contributed by atoms with Gasteiger partial charge in [0.05, 0.1) is 6.10 Å². The maximum atomic E-state index is 10.1. The number of anilines is 1. The highest BCUT2D eigenvalue weighted by Crippen LogP contribution is 2.28. The number of nitrogens with two attached hydrogens (primary N) is 1. The lowest BCUT2D eigenvalue weighted by molar-refractivity contribution is 0.0922. The van der Waals surface area contributed by atoms with Gasteiger partial charge < -0.3 is 15.7 Å². The summed E-state index contributed by atoms with van der Waals surface area (Å²) < 4.78 is 0. The van der Waals surface area contributed by atoms with E-state index in [1.54, 1.807) is 0 Å². The van der Waals surface area contributed by atoms with Crippen LogP contribution >= 0.6 is 11.6 Å². The minimum Gasteiger partial charge on any atom is -0.393 e. The van der Waals surface area contributed by atoms with Crippen LogP contribution in [0.25, 0.3) is 0 Å². The van der Waals surface area contributed by atoms with Gasteiger partial charge in [-0.1, -0.05) is 31.5 Å². The summed E-state index contributed by atoms with van der Waals surface area (Å²) in [5.41, 5.74) is 7.31. The van der Waals surface area contributed by atoms with Crippen molar-refractivity contribution in [2.45, 2.75) is 38.8 Å². The summed E-state index contributed by atoms with van der Waals surface area (Å²) in [4.78, 5) is 2.29. The first-order valence-corrected chi connectivity index (χ1v) is 7.77. The first-order chi connectivity index (χ1) is 9.45. The van der Waals surface area contributed by atoms with Crippen molar-refractivity contribution < 1.29 is 5.11 Å². The van der Waals surface area contributed by atoms with Crippen molar-refractivity contribution in [3.63, 3.8) is 0 Å². The van der Waals surface area contributed by atoms with Gasteiger partial charge in [-0.25, -0.2) is 0 Å². The van der Waals surface area contributed by atoms with Crippen molar-refractivity contribution in [1.29, 1.82) is 0 Å². The first-order valence-electron chi connectivity index (χ1n) is 7.40. The van der Waals surface area contributed by atoms with Crippen LogP contribution in [-0.2, 0) is 0 Å². The van der Waals surface area contributed by atoms with E-state index < -0.39 is 0 Å². The van der Waals surface area contributed by atoms with E-state index in [1.165, 1.54) is 0 Å². The van der Waals surface area contributed by atoms with Crippen LogP contribution in [0.1, 0.15) is 26.7 Å². The minimum atomic E-state index is -0.244. The molecule has 3 unspecified atom stereocenters. The number of aliphatic hydroxyl groups is 1. The van der Waals surface area contributed by atoms with Crippen LogP contribution in [-0.4, -0.2) is 30.3 Å². The Morgan fingerprint density at radius 1 is 1.40 bits per heavy atom. The number of benzene rings is 1. The maximum Gasteiger partial charge on any atom is 0.0566 e. The molecule has 0 radical (unpaired) electrons. The highest BCUT2D eigenvalue weighted by atomic mass is 35.5. The molecule has 0 amide bonds. The molecule has 4 heteroatoms. The highest BCUT2D eigenvalue weighted by Gasteiger charge is 2.27. The second kappa shape index (κ2) is 6.79. The molecule has 0 bridgehead atoms. The molecule has 1 fully saturated rings. The van der Waals surface area contributed by atoms with Gasteiger partial charge in [-0.3, -0.25) is 0 Å². The third kappa shape index (κ3) is 4.11. The monoisotopic (exact) mass is 296 g/mol. The molecular weight excluding hydrogens is 272 g/mol. The van der Waals surface area contributed by atoms with Gasteiger partial charge in [0.25, 0.3) is 0 Å². The second-order valence-electron chi connectivity index (χ2n) is 6.29. The zero-order valence-electron chi connectivity index (χ0n) is 12.3. The van der Waals surface area contributed by atoms with Crippen LogP contribution in [0.4, 0.5) is 5.69 Å². The number of rotatable bonds is 4. The zero-order chi connectivity index (χ0) is 14.7. The van der Waals surface area contributed by atoms with Crippen molar-refractivity contribution in [1.82, 2.24) is 0 Å². The predicted octanol–water partition coefficient (Wildman–Crippen LogP) is 2.90. The predicted molar refractivity (Wildman–Crippen MR) is 85.2 cm³/mol. The fourth-order valence-corrected chi connectivity index (χ4v) is 3.10. The Morgan fingerprint density at radius 2 is 2.15 bits per heavy atom.